The van der Waals surface area contributed by atoms with E-state index < -0.39 is 0 Å². The van der Waals surface area contributed by atoms with Crippen LogP contribution in [0.5, 0.6) is 0 Å². The first-order valence-electron chi connectivity index (χ1n) is 12.0. The summed E-state index contributed by atoms with van der Waals surface area (Å²) >= 11 is 5.40. The fourth-order valence-electron chi connectivity index (χ4n) is 4.43. The molecule has 0 unspecified atom stereocenters. The third-order valence-electron chi connectivity index (χ3n) is 6.45. The van der Waals surface area contributed by atoms with Gasteiger partial charge in [0.2, 0.25) is 5.91 Å². The molecule has 2 aromatic carbocycles. The number of hydrogen-bond acceptors (Lipinski definition) is 5. The minimum absolute atomic E-state index is 0.0611. The van der Waals surface area contributed by atoms with Gasteiger partial charge in [0.15, 0.2) is 10.6 Å². The minimum Gasteiger partial charge on any atom is -0.379 e. The van der Waals surface area contributed by atoms with Gasteiger partial charge in [0.05, 0.1) is 13.2 Å². The van der Waals surface area contributed by atoms with Crippen LogP contribution in [0.3, 0.4) is 0 Å². The molecule has 1 saturated heterocycles. The van der Waals surface area contributed by atoms with Gasteiger partial charge in [0.1, 0.15) is 0 Å². The number of rotatable bonds is 8. The summed E-state index contributed by atoms with van der Waals surface area (Å²) in [6.07, 6.45) is 2.41. The number of amides is 1. The van der Waals surface area contributed by atoms with E-state index in [0.29, 0.717) is 17.7 Å². The first-order valence-corrected chi connectivity index (χ1v) is 12.4. The Bertz CT molecular complexity index is 1360. The van der Waals surface area contributed by atoms with Crippen LogP contribution in [0, 0.1) is 11.7 Å². The lowest BCUT2D eigenvalue weighted by Crippen LogP contribution is -2.38. The number of H-pyrrole nitrogens is 1. The van der Waals surface area contributed by atoms with E-state index in [1.54, 1.807) is 0 Å². The molecule has 1 amide bonds. The highest BCUT2D eigenvalue weighted by molar-refractivity contribution is 7.71. The van der Waals surface area contributed by atoms with E-state index in [-0.39, 0.29) is 5.91 Å². The van der Waals surface area contributed by atoms with Crippen LogP contribution in [0.4, 0.5) is 5.69 Å². The van der Waals surface area contributed by atoms with Gasteiger partial charge in [-0.2, -0.15) is 5.10 Å². The van der Waals surface area contributed by atoms with Gasteiger partial charge in [0.25, 0.3) is 0 Å². The Labute approximate surface area is 209 Å². The van der Waals surface area contributed by atoms with Crippen LogP contribution in [0.2, 0.25) is 0 Å². The third kappa shape index (κ3) is 5.53. The molecule has 2 aromatic heterocycles. The predicted octanol–water partition coefficient (Wildman–Crippen LogP) is 4.23. The van der Waals surface area contributed by atoms with Crippen molar-refractivity contribution in [2.75, 3.05) is 38.2 Å². The summed E-state index contributed by atoms with van der Waals surface area (Å²) in [6.45, 7) is 8.05. The highest BCUT2D eigenvalue weighted by Gasteiger charge is 2.13. The highest BCUT2D eigenvalue weighted by atomic mass is 32.1. The fourth-order valence-corrected chi connectivity index (χ4v) is 4.66. The molecular weight excluding hydrogens is 460 g/mol. The third-order valence-corrected chi connectivity index (χ3v) is 6.76. The number of aromatic nitrogens is 4. The Morgan fingerprint density at radius 2 is 1.89 bits per heavy atom. The van der Waals surface area contributed by atoms with Crippen molar-refractivity contribution in [3.63, 3.8) is 0 Å². The number of aryl methyl sites for hydroxylation is 1. The normalized spacial score (nSPS) is 14.4. The molecule has 0 radical (unpaired) electrons. The molecule has 0 bridgehead atoms. The van der Waals surface area contributed by atoms with E-state index >= 15 is 0 Å². The van der Waals surface area contributed by atoms with E-state index in [9.17, 15) is 4.79 Å². The molecule has 1 fully saturated rings. The Hall–Kier alpha value is -3.27. The lowest BCUT2D eigenvalue weighted by atomic mass is 10.1. The molecule has 0 aliphatic carbocycles. The predicted molar refractivity (Wildman–Crippen MR) is 140 cm³/mol. The number of carbonyl (C=O) groups excluding carboxylic acids is 1. The van der Waals surface area contributed by atoms with E-state index in [1.165, 1.54) is 11.1 Å². The Balaban J connectivity index is 1.20. The van der Waals surface area contributed by atoms with Crippen LogP contribution in [-0.2, 0) is 22.6 Å². The maximum absolute atomic E-state index is 12.7. The molecule has 2 N–H and O–H groups in total. The molecule has 1 aliphatic rings. The van der Waals surface area contributed by atoms with Crippen LogP contribution < -0.4 is 5.32 Å². The monoisotopic (exact) mass is 490 g/mol. The number of nitrogens with one attached hydrogen (secondary N) is 2. The van der Waals surface area contributed by atoms with Crippen molar-refractivity contribution >= 4 is 34.7 Å². The number of nitrogens with zero attached hydrogens (tertiary/aromatic N) is 4. The van der Waals surface area contributed by atoms with Gasteiger partial charge in [-0.05, 0) is 43.4 Å². The summed E-state index contributed by atoms with van der Waals surface area (Å²) < 4.78 is 10.1. The van der Waals surface area contributed by atoms with Crippen LogP contribution in [0.25, 0.3) is 22.3 Å². The van der Waals surface area contributed by atoms with Gasteiger partial charge < -0.3 is 14.6 Å². The van der Waals surface area contributed by atoms with E-state index in [0.717, 1.165) is 61.9 Å². The van der Waals surface area contributed by atoms with E-state index in [2.05, 4.69) is 43.3 Å². The van der Waals surface area contributed by atoms with Crippen molar-refractivity contribution in [3.05, 3.63) is 65.1 Å². The minimum atomic E-state index is -0.0611. The lowest BCUT2D eigenvalue weighted by molar-refractivity contribution is -0.116. The molecule has 8 nitrogen and oxygen atoms in total. The topological polar surface area (TPSA) is 80.1 Å². The SMILES string of the molecule is Cc1ccc(-c2n[nH]c(=S)n2CCC(=O)Nc2ccc3c(ccn3CCN3CCOCC3)c2)cc1. The average Bonchev–Trinajstić information content (AvgIpc) is 3.45. The van der Waals surface area contributed by atoms with Gasteiger partial charge in [0, 0.05) is 67.5 Å². The number of anilines is 1. The number of ether oxygens (including phenoxy) is 1. The Kier molecular flexibility index (Phi) is 7.08. The summed E-state index contributed by atoms with van der Waals surface area (Å²) in [6, 6.07) is 16.3. The van der Waals surface area contributed by atoms with Crippen molar-refractivity contribution < 1.29 is 9.53 Å². The lowest BCUT2D eigenvalue weighted by Gasteiger charge is -2.26. The van der Waals surface area contributed by atoms with Crippen molar-refractivity contribution in [1.29, 1.82) is 0 Å². The second-order valence-corrected chi connectivity index (χ2v) is 9.29. The standard InChI is InChI=1S/C26H30N6O2S/c1-19-2-4-20(5-3-19)25-28-29-26(35)32(25)11-9-24(33)27-22-6-7-23-21(18-22)8-10-31(23)13-12-30-14-16-34-17-15-30/h2-8,10,18H,9,11-17H2,1H3,(H,27,33)(H,29,35). The zero-order valence-corrected chi connectivity index (χ0v) is 20.7. The molecule has 3 heterocycles. The zero-order chi connectivity index (χ0) is 24.2. The quantitative estimate of drug-likeness (QED) is 0.361. The van der Waals surface area contributed by atoms with Gasteiger partial charge in [-0.25, -0.2) is 0 Å². The molecule has 0 saturated carbocycles. The van der Waals surface area contributed by atoms with Gasteiger partial charge in [-0.1, -0.05) is 29.8 Å². The van der Waals surface area contributed by atoms with Crippen molar-refractivity contribution in [3.8, 4) is 11.4 Å². The molecule has 5 rings (SSSR count). The maximum atomic E-state index is 12.7. The average molecular weight is 491 g/mol. The molecule has 0 spiro atoms. The largest absolute Gasteiger partial charge is 0.379 e. The van der Waals surface area contributed by atoms with Gasteiger partial charge in [-0.3, -0.25) is 19.4 Å². The van der Waals surface area contributed by atoms with Crippen LogP contribution in [0.1, 0.15) is 12.0 Å². The molecule has 9 heteroatoms. The molecule has 1 aliphatic heterocycles. The van der Waals surface area contributed by atoms with Crippen LogP contribution in [0.15, 0.2) is 54.7 Å². The summed E-state index contributed by atoms with van der Waals surface area (Å²) in [5, 5.41) is 11.4. The van der Waals surface area contributed by atoms with E-state index in [1.807, 2.05) is 47.9 Å². The molecule has 182 valence electrons. The van der Waals surface area contributed by atoms with Crippen LogP contribution in [-0.4, -0.2) is 63.0 Å². The van der Waals surface area contributed by atoms with Crippen LogP contribution >= 0.6 is 12.2 Å². The first kappa shape index (κ1) is 23.5. The maximum Gasteiger partial charge on any atom is 0.226 e. The Morgan fingerprint density at radius 1 is 1.09 bits per heavy atom. The highest BCUT2D eigenvalue weighted by Crippen LogP contribution is 2.22. The Morgan fingerprint density at radius 3 is 2.69 bits per heavy atom. The second kappa shape index (κ2) is 10.6. The number of fused-ring (bicyclic) bond motifs is 1. The number of hydrogen-bond donors (Lipinski definition) is 2. The summed E-state index contributed by atoms with van der Waals surface area (Å²) in [5.74, 6) is 0.677. The smallest absolute Gasteiger partial charge is 0.226 e. The number of carbonyl (C=O) groups is 1. The molecule has 4 aromatic rings. The fraction of sp³-hybridized carbons (Fsp3) is 0.346. The summed E-state index contributed by atoms with van der Waals surface area (Å²) in [5.41, 5.74) is 4.11. The number of aromatic amines is 1. The summed E-state index contributed by atoms with van der Waals surface area (Å²) in [4.78, 5) is 15.2. The zero-order valence-electron chi connectivity index (χ0n) is 19.9. The first-order chi connectivity index (χ1) is 17.1. The molecule has 0 atom stereocenters. The molecule has 35 heavy (non-hydrogen) atoms. The van der Waals surface area contributed by atoms with Crippen molar-refractivity contribution in [2.45, 2.75) is 26.4 Å². The second-order valence-electron chi connectivity index (χ2n) is 8.90. The molecular formula is C26H30N6O2S. The van der Waals surface area contributed by atoms with Gasteiger partial charge >= 0.3 is 0 Å². The number of benzene rings is 2. The van der Waals surface area contributed by atoms with Crippen molar-refractivity contribution in [2.24, 2.45) is 0 Å². The number of morpholine rings is 1. The van der Waals surface area contributed by atoms with E-state index in [4.69, 9.17) is 17.0 Å². The summed E-state index contributed by atoms with van der Waals surface area (Å²) in [7, 11) is 0. The van der Waals surface area contributed by atoms with Gasteiger partial charge in [-0.15, -0.1) is 0 Å². The van der Waals surface area contributed by atoms with Crippen molar-refractivity contribution in [1.82, 2.24) is 24.2 Å².